The number of unbranched alkanes of at least 4 members (excludes halogenated alkanes) is 1. The number of hydrogen-bond donors (Lipinski definition) is 1. The standard InChI is InChI=1S/C30H41N3O2/c1-23(2)24-16-18-26(19-17-24)35-22-9-8-21-33-28-14-7-6-13-27(28)32-29(33)15-10-20-31-30(34)25-11-4-3-5-12-25/h6-7,13-14,16-19,23,25H,3-5,8-12,15,20-22H2,1-2H3,(H,31,34). The van der Waals surface area contributed by atoms with E-state index in [-0.39, 0.29) is 11.8 Å². The van der Waals surface area contributed by atoms with Gasteiger partial charge in [-0.15, -0.1) is 0 Å². The largest absolute Gasteiger partial charge is 0.494 e. The smallest absolute Gasteiger partial charge is 0.223 e. The molecule has 1 heterocycles. The molecule has 1 fully saturated rings. The van der Waals surface area contributed by atoms with Crippen molar-refractivity contribution in [2.24, 2.45) is 5.92 Å². The van der Waals surface area contributed by atoms with Gasteiger partial charge in [0.25, 0.3) is 0 Å². The molecule has 1 N–H and O–H groups in total. The van der Waals surface area contributed by atoms with Crippen LogP contribution in [0.15, 0.2) is 48.5 Å². The molecule has 188 valence electrons. The third-order valence-corrected chi connectivity index (χ3v) is 7.18. The predicted molar refractivity (Wildman–Crippen MR) is 143 cm³/mol. The van der Waals surface area contributed by atoms with Gasteiger partial charge in [-0.1, -0.05) is 57.4 Å². The SMILES string of the molecule is CC(C)c1ccc(OCCCCn2c(CCCNC(=O)C3CCCCC3)nc3ccccc32)cc1. The van der Waals surface area contributed by atoms with Crippen molar-refractivity contribution < 1.29 is 9.53 Å². The van der Waals surface area contributed by atoms with Gasteiger partial charge in [0.1, 0.15) is 11.6 Å². The van der Waals surface area contributed by atoms with E-state index < -0.39 is 0 Å². The average Bonchev–Trinajstić information content (AvgIpc) is 3.24. The fourth-order valence-electron chi connectivity index (χ4n) is 5.04. The van der Waals surface area contributed by atoms with Gasteiger partial charge in [0.2, 0.25) is 5.91 Å². The molecule has 1 aromatic heterocycles. The number of rotatable bonds is 12. The first-order valence-corrected chi connectivity index (χ1v) is 13.6. The highest BCUT2D eigenvalue weighted by Crippen LogP contribution is 2.24. The molecule has 2 aromatic carbocycles. The lowest BCUT2D eigenvalue weighted by molar-refractivity contribution is -0.125. The molecule has 0 saturated heterocycles. The summed E-state index contributed by atoms with van der Waals surface area (Å²) in [6.07, 6.45) is 9.58. The number of hydrogen-bond acceptors (Lipinski definition) is 3. The van der Waals surface area contributed by atoms with Gasteiger partial charge in [-0.25, -0.2) is 4.98 Å². The number of aryl methyl sites for hydroxylation is 2. The minimum Gasteiger partial charge on any atom is -0.494 e. The summed E-state index contributed by atoms with van der Waals surface area (Å²) in [5.74, 6) is 3.07. The summed E-state index contributed by atoms with van der Waals surface area (Å²) >= 11 is 0. The molecule has 0 unspecified atom stereocenters. The van der Waals surface area contributed by atoms with Crippen LogP contribution in [0.4, 0.5) is 0 Å². The fourth-order valence-corrected chi connectivity index (χ4v) is 5.04. The lowest BCUT2D eigenvalue weighted by atomic mass is 9.89. The number of benzene rings is 2. The van der Waals surface area contributed by atoms with Gasteiger partial charge in [0.15, 0.2) is 0 Å². The van der Waals surface area contributed by atoms with E-state index in [4.69, 9.17) is 9.72 Å². The lowest BCUT2D eigenvalue weighted by Gasteiger charge is -2.20. The second-order valence-corrected chi connectivity index (χ2v) is 10.2. The van der Waals surface area contributed by atoms with Gasteiger partial charge in [0.05, 0.1) is 17.6 Å². The molecule has 1 amide bonds. The van der Waals surface area contributed by atoms with Crippen LogP contribution < -0.4 is 10.1 Å². The molecule has 1 aliphatic rings. The Hall–Kier alpha value is -2.82. The van der Waals surface area contributed by atoms with Gasteiger partial charge < -0.3 is 14.6 Å². The van der Waals surface area contributed by atoms with Gasteiger partial charge in [-0.3, -0.25) is 4.79 Å². The number of fused-ring (bicyclic) bond motifs is 1. The Kier molecular flexibility index (Phi) is 9.21. The van der Waals surface area contributed by atoms with E-state index in [0.29, 0.717) is 5.92 Å². The number of carbonyl (C=O) groups excluding carboxylic acids is 1. The van der Waals surface area contributed by atoms with Crippen molar-refractivity contribution >= 4 is 16.9 Å². The quantitative estimate of drug-likeness (QED) is 0.298. The molecule has 0 radical (unpaired) electrons. The highest BCUT2D eigenvalue weighted by molar-refractivity contribution is 5.78. The number of amides is 1. The first-order chi connectivity index (χ1) is 17.1. The Bertz CT molecular complexity index is 1060. The zero-order chi connectivity index (χ0) is 24.5. The Labute approximate surface area is 210 Å². The predicted octanol–water partition coefficient (Wildman–Crippen LogP) is 6.65. The second kappa shape index (κ2) is 12.8. The summed E-state index contributed by atoms with van der Waals surface area (Å²) < 4.78 is 8.32. The van der Waals surface area contributed by atoms with Crippen LogP contribution in [0.1, 0.15) is 82.5 Å². The number of ether oxygens (including phenoxy) is 1. The second-order valence-electron chi connectivity index (χ2n) is 10.2. The van der Waals surface area contributed by atoms with Crippen molar-refractivity contribution in [3.8, 4) is 5.75 Å². The zero-order valence-electron chi connectivity index (χ0n) is 21.5. The van der Waals surface area contributed by atoms with Crippen molar-refractivity contribution in [1.29, 1.82) is 0 Å². The Morgan fingerprint density at radius 3 is 2.57 bits per heavy atom. The minimum atomic E-state index is 0.226. The van der Waals surface area contributed by atoms with Crippen molar-refractivity contribution in [1.82, 2.24) is 14.9 Å². The number of nitrogens with zero attached hydrogens (tertiary/aromatic N) is 2. The topological polar surface area (TPSA) is 56.1 Å². The molecule has 1 aliphatic carbocycles. The maximum Gasteiger partial charge on any atom is 0.223 e. The van der Waals surface area contributed by atoms with E-state index in [0.717, 1.165) is 75.3 Å². The van der Waals surface area contributed by atoms with E-state index >= 15 is 0 Å². The molecular formula is C30H41N3O2. The van der Waals surface area contributed by atoms with Crippen LogP contribution in [0.25, 0.3) is 11.0 Å². The van der Waals surface area contributed by atoms with E-state index in [1.807, 2.05) is 6.07 Å². The van der Waals surface area contributed by atoms with Crippen molar-refractivity contribution in [3.63, 3.8) is 0 Å². The highest BCUT2D eigenvalue weighted by Gasteiger charge is 2.20. The number of para-hydroxylation sites is 2. The molecule has 0 atom stereocenters. The van der Waals surface area contributed by atoms with Crippen molar-refractivity contribution in [2.75, 3.05) is 13.2 Å². The average molecular weight is 476 g/mol. The summed E-state index contributed by atoms with van der Waals surface area (Å²) in [6, 6.07) is 16.8. The van der Waals surface area contributed by atoms with E-state index in [1.54, 1.807) is 0 Å². The van der Waals surface area contributed by atoms with Crippen LogP contribution in [0.2, 0.25) is 0 Å². The maximum atomic E-state index is 12.4. The summed E-state index contributed by atoms with van der Waals surface area (Å²) in [7, 11) is 0. The van der Waals surface area contributed by atoms with Gasteiger partial charge >= 0.3 is 0 Å². The molecule has 0 bridgehead atoms. The zero-order valence-corrected chi connectivity index (χ0v) is 21.5. The first kappa shape index (κ1) is 25.3. The van der Waals surface area contributed by atoms with Crippen LogP contribution in [-0.4, -0.2) is 28.6 Å². The Morgan fingerprint density at radius 2 is 1.80 bits per heavy atom. The van der Waals surface area contributed by atoms with Gasteiger partial charge in [0, 0.05) is 25.4 Å². The summed E-state index contributed by atoms with van der Waals surface area (Å²) in [5.41, 5.74) is 3.58. The van der Waals surface area contributed by atoms with Crippen molar-refractivity contribution in [2.45, 2.75) is 84.1 Å². The molecule has 35 heavy (non-hydrogen) atoms. The van der Waals surface area contributed by atoms with Gasteiger partial charge in [-0.2, -0.15) is 0 Å². The minimum absolute atomic E-state index is 0.226. The molecule has 5 heteroatoms. The monoisotopic (exact) mass is 475 g/mol. The van der Waals surface area contributed by atoms with Crippen LogP contribution in [0.3, 0.4) is 0 Å². The molecule has 3 aromatic rings. The molecular weight excluding hydrogens is 434 g/mol. The normalized spacial score (nSPS) is 14.5. The highest BCUT2D eigenvalue weighted by atomic mass is 16.5. The molecule has 0 spiro atoms. The Morgan fingerprint density at radius 1 is 1.03 bits per heavy atom. The molecule has 0 aliphatic heterocycles. The van der Waals surface area contributed by atoms with Crippen LogP contribution >= 0.6 is 0 Å². The third kappa shape index (κ3) is 7.09. The van der Waals surface area contributed by atoms with Crippen LogP contribution in [-0.2, 0) is 17.8 Å². The number of nitrogens with one attached hydrogen (secondary N) is 1. The number of imidazole rings is 1. The summed E-state index contributed by atoms with van der Waals surface area (Å²) in [5, 5.41) is 3.17. The maximum absolute atomic E-state index is 12.4. The van der Waals surface area contributed by atoms with Crippen LogP contribution in [0.5, 0.6) is 5.75 Å². The molecule has 1 saturated carbocycles. The molecule has 4 rings (SSSR count). The molecule has 5 nitrogen and oxygen atoms in total. The summed E-state index contributed by atoms with van der Waals surface area (Å²) in [6.45, 7) is 6.78. The third-order valence-electron chi connectivity index (χ3n) is 7.18. The Balaban J connectivity index is 1.25. The first-order valence-electron chi connectivity index (χ1n) is 13.6. The number of carbonyl (C=O) groups is 1. The van der Waals surface area contributed by atoms with E-state index in [1.165, 1.54) is 30.3 Å². The van der Waals surface area contributed by atoms with Gasteiger partial charge in [-0.05, 0) is 67.9 Å². The van der Waals surface area contributed by atoms with E-state index in [2.05, 4.69) is 66.2 Å². The van der Waals surface area contributed by atoms with E-state index in [9.17, 15) is 4.79 Å². The van der Waals surface area contributed by atoms with Crippen LogP contribution in [0, 0.1) is 5.92 Å². The summed E-state index contributed by atoms with van der Waals surface area (Å²) in [4.78, 5) is 17.3. The number of aromatic nitrogens is 2. The fraction of sp³-hybridized carbons (Fsp3) is 0.533. The van der Waals surface area contributed by atoms with Crippen molar-refractivity contribution in [3.05, 3.63) is 59.9 Å². The lowest BCUT2D eigenvalue weighted by Crippen LogP contribution is -2.32.